The van der Waals surface area contributed by atoms with Crippen molar-refractivity contribution in [1.29, 1.82) is 0 Å². The van der Waals surface area contributed by atoms with Crippen molar-refractivity contribution >= 4 is 35.3 Å². The minimum Gasteiger partial charge on any atom is -0.467 e. The van der Waals surface area contributed by atoms with Gasteiger partial charge in [-0.1, -0.05) is 35.5 Å². The van der Waals surface area contributed by atoms with Crippen molar-refractivity contribution in [2.24, 2.45) is 0 Å². The summed E-state index contributed by atoms with van der Waals surface area (Å²) in [6, 6.07) is 6.83. The maximum absolute atomic E-state index is 12.1. The molecule has 0 radical (unpaired) electrons. The molecule has 0 bridgehead atoms. The van der Waals surface area contributed by atoms with Gasteiger partial charge in [0.15, 0.2) is 4.71 Å². The Labute approximate surface area is 127 Å². The van der Waals surface area contributed by atoms with Crippen LogP contribution in [0.4, 0.5) is 0 Å². The SMILES string of the molecule is COC(=O)[C@H](Cl)Sc1ccccc1C(=O)OC(C)(C)C. The van der Waals surface area contributed by atoms with E-state index in [0.717, 1.165) is 11.8 Å². The van der Waals surface area contributed by atoms with Crippen LogP contribution in [-0.4, -0.2) is 29.4 Å². The van der Waals surface area contributed by atoms with E-state index < -0.39 is 22.2 Å². The molecule has 0 saturated carbocycles. The lowest BCUT2D eigenvalue weighted by molar-refractivity contribution is -0.138. The first-order chi connectivity index (χ1) is 9.24. The summed E-state index contributed by atoms with van der Waals surface area (Å²) in [5.41, 5.74) is -0.209. The van der Waals surface area contributed by atoms with Crippen molar-refractivity contribution in [3.63, 3.8) is 0 Å². The Kier molecular flexibility index (Phi) is 5.89. The van der Waals surface area contributed by atoms with Gasteiger partial charge in [0.05, 0.1) is 12.7 Å². The van der Waals surface area contributed by atoms with E-state index in [1.807, 2.05) is 0 Å². The molecule has 0 amide bonds. The second-order valence-electron chi connectivity index (χ2n) is 4.96. The minimum atomic E-state index is -0.913. The Balaban J connectivity index is 2.94. The summed E-state index contributed by atoms with van der Waals surface area (Å²) >= 11 is 6.96. The van der Waals surface area contributed by atoms with Gasteiger partial charge >= 0.3 is 11.9 Å². The van der Waals surface area contributed by atoms with E-state index in [-0.39, 0.29) is 0 Å². The molecule has 110 valence electrons. The number of carbonyl (C=O) groups is 2. The number of benzene rings is 1. The molecule has 0 unspecified atom stereocenters. The molecular weight excluding hydrogens is 300 g/mol. The molecule has 1 atom stereocenters. The maximum atomic E-state index is 12.1. The van der Waals surface area contributed by atoms with Crippen LogP contribution in [0.15, 0.2) is 29.2 Å². The lowest BCUT2D eigenvalue weighted by Crippen LogP contribution is -2.24. The Morgan fingerprint density at radius 1 is 1.25 bits per heavy atom. The molecule has 0 aromatic heterocycles. The van der Waals surface area contributed by atoms with Crippen molar-refractivity contribution in [2.45, 2.75) is 36.0 Å². The van der Waals surface area contributed by atoms with Gasteiger partial charge < -0.3 is 9.47 Å². The van der Waals surface area contributed by atoms with Crippen molar-refractivity contribution in [2.75, 3.05) is 7.11 Å². The molecule has 1 aromatic rings. The second-order valence-corrected chi connectivity index (χ2v) is 6.80. The minimum absolute atomic E-state index is 0.377. The zero-order valence-corrected chi connectivity index (χ0v) is 13.4. The molecule has 20 heavy (non-hydrogen) atoms. The van der Waals surface area contributed by atoms with Gasteiger partial charge in [-0.25, -0.2) is 9.59 Å². The van der Waals surface area contributed by atoms with E-state index in [9.17, 15) is 9.59 Å². The number of methoxy groups -OCH3 is 1. The highest BCUT2D eigenvalue weighted by molar-refractivity contribution is 8.01. The van der Waals surface area contributed by atoms with Gasteiger partial charge in [0.2, 0.25) is 0 Å². The van der Waals surface area contributed by atoms with Crippen LogP contribution in [0.5, 0.6) is 0 Å². The zero-order valence-electron chi connectivity index (χ0n) is 11.8. The van der Waals surface area contributed by atoms with Gasteiger partial charge in [-0.2, -0.15) is 0 Å². The highest BCUT2D eigenvalue weighted by atomic mass is 35.5. The van der Waals surface area contributed by atoms with Crippen molar-refractivity contribution in [1.82, 2.24) is 0 Å². The molecule has 0 fully saturated rings. The highest BCUT2D eigenvalue weighted by Crippen LogP contribution is 2.30. The molecule has 6 heteroatoms. The Morgan fingerprint density at radius 2 is 1.85 bits per heavy atom. The summed E-state index contributed by atoms with van der Waals surface area (Å²) in [7, 11) is 1.26. The summed E-state index contributed by atoms with van der Waals surface area (Å²) in [6.45, 7) is 5.37. The lowest BCUT2D eigenvalue weighted by atomic mass is 10.1. The number of halogens is 1. The summed E-state index contributed by atoms with van der Waals surface area (Å²) in [6.07, 6.45) is 0. The van der Waals surface area contributed by atoms with Gasteiger partial charge in [0.25, 0.3) is 0 Å². The normalized spacial score (nSPS) is 12.7. The number of ether oxygens (including phenoxy) is 2. The first kappa shape index (κ1) is 16.9. The molecule has 0 aliphatic rings. The summed E-state index contributed by atoms with van der Waals surface area (Å²) in [4.78, 5) is 24.0. The third-order valence-corrected chi connectivity index (χ3v) is 3.58. The van der Waals surface area contributed by atoms with Crippen LogP contribution in [0.25, 0.3) is 0 Å². The Bertz CT molecular complexity index is 496. The van der Waals surface area contributed by atoms with Crippen LogP contribution in [0.3, 0.4) is 0 Å². The molecule has 0 heterocycles. The van der Waals surface area contributed by atoms with Crippen LogP contribution in [0, 0.1) is 0 Å². The van der Waals surface area contributed by atoms with Crippen molar-refractivity contribution in [3.8, 4) is 0 Å². The number of carbonyl (C=O) groups excluding carboxylic acids is 2. The Morgan fingerprint density at radius 3 is 2.40 bits per heavy atom. The van der Waals surface area contributed by atoms with Crippen LogP contribution >= 0.6 is 23.4 Å². The van der Waals surface area contributed by atoms with E-state index in [0.29, 0.717) is 10.5 Å². The predicted molar refractivity (Wildman–Crippen MR) is 79.1 cm³/mol. The Hall–Kier alpha value is -1.20. The van der Waals surface area contributed by atoms with Crippen molar-refractivity contribution < 1.29 is 19.1 Å². The smallest absolute Gasteiger partial charge is 0.339 e. The first-order valence-electron chi connectivity index (χ1n) is 5.95. The fourth-order valence-electron chi connectivity index (χ4n) is 1.32. The quantitative estimate of drug-likeness (QED) is 0.483. The van der Waals surface area contributed by atoms with Crippen LogP contribution < -0.4 is 0 Å². The van der Waals surface area contributed by atoms with Crippen LogP contribution in [0.1, 0.15) is 31.1 Å². The van der Waals surface area contributed by atoms with E-state index in [4.69, 9.17) is 16.3 Å². The fourth-order valence-corrected chi connectivity index (χ4v) is 2.55. The van der Waals surface area contributed by atoms with Crippen LogP contribution in [0.2, 0.25) is 0 Å². The molecular formula is C14H17ClO4S. The highest BCUT2D eigenvalue weighted by Gasteiger charge is 2.23. The summed E-state index contributed by atoms with van der Waals surface area (Å²) < 4.78 is 8.97. The maximum Gasteiger partial charge on any atom is 0.339 e. The predicted octanol–water partition coefficient (Wildman–Crippen LogP) is 3.47. The number of thioether (sulfide) groups is 1. The molecule has 0 saturated heterocycles. The average molecular weight is 317 g/mol. The largest absolute Gasteiger partial charge is 0.467 e. The molecule has 0 aliphatic heterocycles. The molecule has 1 rings (SSSR count). The van der Waals surface area contributed by atoms with E-state index in [1.54, 1.807) is 45.0 Å². The topological polar surface area (TPSA) is 52.6 Å². The molecule has 0 aliphatic carbocycles. The number of esters is 2. The zero-order chi connectivity index (χ0) is 15.3. The fraction of sp³-hybridized carbons (Fsp3) is 0.429. The first-order valence-corrected chi connectivity index (χ1v) is 7.27. The number of rotatable bonds is 4. The summed E-state index contributed by atoms with van der Waals surface area (Å²) in [5.74, 6) is -1.01. The molecule has 1 aromatic carbocycles. The van der Waals surface area contributed by atoms with Gasteiger partial charge in [-0.05, 0) is 32.9 Å². The van der Waals surface area contributed by atoms with E-state index in [2.05, 4.69) is 4.74 Å². The third-order valence-electron chi connectivity index (χ3n) is 2.12. The molecule has 4 nitrogen and oxygen atoms in total. The van der Waals surface area contributed by atoms with Gasteiger partial charge in [0, 0.05) is 4.90 Å². The average Bonchev–Trinajstić information content (AvgIpc) is 2.36. The molecule has 0 spiro atoms. The second kappa shape index (κ2) is 6.99. The van der Waals surface area contributed by atoms with Crippen molar-refractivity contribution in [3.05, 3.63) is 29.8 Å². The van der Waals surface area contributed by atoms with Gasteiger partial charge in [-0.3, -0.25) is 0 Å². The monoisotopic (exact) mass is 316 g/mol. The summed E-state index contributed by atoms with van der Waals surface area (Å²) in [5, 5.41) is 0. The lowest BCUT2D eigenvalue weighted by Gasteiger charge is -2.20. The number of alkyl halides is 1. The van der Waals surface area contributed by atoms with E-state index in [1.165, 1.54) is 7.11 Å². The van der Waals surface area contributed by atoms with Crippen LogP contribution in [-0.2, 0) is 14.3 Å². The number of hydrogen-bond donors (Lipinski definition) is 0. The number of hydrogen-bond acceptors (Lipinski definition) is 5. The third kappa shape index (κ3) is 5.06. The molecule has 0 N–H and O–H groups in total. The van der Waals surface area contributed by atoms with E-state index >= 15 is 0 Å². The standard InChI is InChI=1S/C14H17ClO4S/c1-14(2,3)19-12(16)9-7-5-6-8-10(9)20-11(15)13(17)18-4/h5-8,11H,1-4H3/t11-/m1/s1. The van der Waals surface area contributed by atoms with Gasteiger partial charge in [-0.15, -0.1) is 0 Å². The van der Waals surface area contributed by atoms with Gasteiger partial charge in [0.1, 0.15) is 5.60 Å².